The number of nitrogens with zero attached hydrogens (tertiary/aromatic N) is 1. The molecule has 4 heteroatoms. The first-order valence-corrected chi connectivity index (χ1v) is 5.01. The van der Waals surface area contributed by atoms with Gasteiger partial charge in [-0.25, -0.2) is 4.79 Å². The van der Waals surface area contributed by atoms with Crippen LogP contribution in [0.25, 0.3) is 0 Å². The summed E-state index contributed by atoms with van der Waals surface area (Å²) in [6, 6.07) is 0.165. The molecule has 2 unspecified atom stereocenters. The molecule has 0 aromatic carbocycles. The Kier molecular flexibility index (Phi) is 1.84. The van der Waals surface area contributed by atoms with Gasteiger partial charge in [0, 0.05) is 12.0 Å². The van der Waals surface area contributed by atoms with E-state index in [1.54, 1.807) is 18.7 Å². The molecule has 1 aliphatic carbocycles. The number of hydrogen-bond acceptors (Lipinski definition) is 2. The lowest BCUT2D eigenvalue weighted by molar-refractivity contribution is -0.158. The molecule has 2 fully saturated rings. The summed E-state index contributed by atoms with van der Waals surface area (Å²) in [5.74, 6) is -0.786. The van der Waals surface area contributed by atoms with Gasteiger partial charge in [-0.3, -0.25) is 4.79 Å². The average molecular weight is 197 g/mol. The minimum Gasteiger partial charge on any atom is -0.480 e. The highest BCUT2D eigenvalue weighted by atomic mass is 16.4. The van der Waals surface area contributed by atoms with Gasteiger partial charge in [-0.1, -0.05) is 0 Å². The van der Waals surface area contributed by atoms with Crippen LogP contribution in [0.15, 0.2) is 0 Å². The third kappa shape index (κ3) is 1.06. The van der Waals surface area contributed by atoms with Gasteiger partial charge in [-0.2, -0.15) is 0 Å². The molecule has 2 atom stereocenters. The minimum absolute atomic E-state index is 0.0358. The minimum atomic E-state index is -1.04. The molecule has 0 aromatic heterocycles. The van der Waals surface area contributed by atoms with Gasteiger partial charge < -0.3 is 10.0 Å². The first-order valence-electron chi connectivity index (χ1n) is 5.01. The monoisotopic (exact) mass is 197 g/mol. The Labute approximate surface area is 82.9 Å². The van der Waals surface area contributed by atoms with Gasteiger partial charge in [0.25, 0.3) is 0 Å². The zero-order chi connectivity index (χ0) is 10.5. The summed E-state index contributed by atoms with van der Waals surface area (Å²) in [4.78, 5) is 24.4. The Bertz CT molecular complexity index is 298. The smallest absolute Gasteiger partial charge is 0.329 e. The van der Waals surface area contributed by atoms with Gasteiger partial charge in [0.15, 0.2) is 0 Å². The Morgan fingerprint density at radius 3 is 2.57 bits per heavy atom. The fourth-order valence-electron chi connectivity index (χ4n) is 2.63. The highest BCUT2D eigenvalue weighted by Gasteiger charge is 2.52. The largest absolute Gasteiger partial charge is 0.480 e. The number of fused-ring (bicyclic) bond motifs is 2. The van der Waals surface area contributed by atoms with Crippen molar-refractivity contribution in [3.63, 3.8) is 0 Å². The fraction of sp³-hybridized carbons (Fsp3) is 0.800. The van der Waals surface area contributed by atoms with Gasteiger partial charge in [-0.15, -0.1) is 0 Å². The van der Waals surface area contributed by atoms with E-state index in [1.807, 2.05) is 0 Å². The molecule has 14 heavy (non-hydrogen) atoms. The standard InChI is InChI=1S/C10H15NO3/c1-10(2,9(13)14)11-7-4-3-6(5-7)8(11)12/h6-7H,3-5H2,1-2H3,(H,13,14). The average Bonchev–Trinajstić information content (AvgIpc) is 2.62. The van der Waals surface area contributed by atoms with Crippen molar-refractivity contribution in [2.24, 2.45) is 5.92 Å². The molecule has 78 valence electrons. The zero-order valence-electron chi connectivity index (χ0n) is 8.49. The van der Waals surface area contributed by atoms with Gasteiger partial charge in [0.1, 0.15) is 5.54 Å². The third-order valence-electron chi connectivity index (χ3n) is 3.48. The van der Waals surface area contributed by atoms with Crippen LogP contribution in [-0.4, -0.2) is 33.5 Å². The van der Waals surface area contributed by atoms with Crippen LogP contribution in [0.5, 0.6) is 0 Å². The number of carboxylic acids is 1. The van der Waals surface area contributed by atoms with Gasteiger partial charge in [0.2, 0.25) is 5.91 Å². The van der Waals surface area contributed by atoms with Crippen molar-refractivity contribution < 1.29 is 14.7 Å². The second-order valence-corrected chi connectivity index (χ2v) is 4.74. The van der Waals surface area contributed by atoms with Gasteiger partial charge in [0.05, 0.1) is 0 Å². The number of carbonyl (C=O) groups is 2. The topological polar surface area (TPSA) is 57.6 Å². The molecule has 1 saturated heterocycles. The van der Waals surface area contributed by atoms with Crippen molar-refractivity contribution in [3.8, 4) is 0 Å². The predicted molar refractivity (Wildman–Crippen MR) is 49.7 cm³/mol. The molecular formula is C10H15NO3. The normalized spacial score (nSPS) is 31.3. The predicted octanol–water partition coefficient (Wildman–Crippen LogP) is 0.861. The molecule has 1 saturated carbocycles. The summed E-state index contributed by atoms with van der Waals surface area (Å²) in [5.41, 5.74) is -1.04. The summed E-state index contributed by atoms with van der Waals surface area (Å²) in [6.45, 7) is 3.21. The van der Waals surface area contributed by atoms with Crippen molar-refractivity contribution in [1.82, 2.24) is 4.90 Å². The van der Waals surface area contributed by atoms with Crippen molar-refractivity contribution >= 4 is 11.9 Å². The first kappa shape index (κ1) is 9.49. The van der Waals surface area contributed by atoms with Gasteiger partial charge >= 0.3 is 5.97 Å². The molecule has 2 bridgehead atoms. The van der Waals surface area contributed by atoms with Crippen LogP contribution in [0.3, 0.4) is 0 Å². The van der Waals surface area contributed by atoms with Crippen molar-refractivity contribution in [2.75, 3.05) is 0 Å². The lowest BCUT2D eigenvalue weighted by Gasteiger charge is -2.38. The summed E-state index contributed by atoms with van der Waals surface area (Å²) in [7, 11) is 0. The summed E-state index contributed by atoms with van der Waals surface area (Å²) in [6.07, 6.45) is 2.76. The summed E-state index contributed by atoms with van der Waals surface area (Å²) >= 11 is 0. The van der Waals surface area contributed by atoms with E-state index in [4.69, 9.17) is 5.11 Å². The van der Waals surface area contributed by atoms with Crippen LogP contribution in [0.1, 0.15) is 33.1 Å². The molecule has 2 aliphatic rings. The molecule has 2 rings (SSSR count). The van der Waals surface area contributed by atoms with Crippen LogP contribution >= 0.6 is 0 Å². The zero-order valence-corrected chi connectivity index (χ0v) is 8.49. The molecule has 1 amide bonds. The third-order valence-corrected chi connectivity index (χ3v) is 3.48. The van der Waals surface area contributed by atoms with Crippen molar-refractivity contribution in [3.05, 3.63) is 0 Å². The number of carboxylic acid groups (broad SMARTS) is 1. The number of carbonyl (C=O) groups excluding carboxylic acids is 1. The van der Waals surface area contributed by atoms with Crippen LogP contribution in [0, 0.1) is 5.92 Å². The number of hydrogen-bond donors (Lipinski definition) is 1. The number of piperidine rings is 1. The highest BCUT2D eigenvalue weighted by Crippen LogP contribution is 2.42. The van der Waals surface area contributed by atoms with E-state index in [-0.39, 0.29) is 17.9 Å². The quantitative estimate of drug-likeness (QED) is 0.714. The summed E-state index contributed by atoms with van der Waals surface area (Å²) in [5, 5.41) is 9.05. The molecule has 0 radical (unpaired) electrons. The number of rotatable bonds is 2. The first-order chi connectivity index (χ1) is 6.44. The number of aliphatic carboxylic acids is 1. The van der Waals surface area contributed by atoms with Gasteiger partial charge in [-0.05, 0) is 33.1 Å². The Balaban J connectivity index is 2.27. The maximum atomic E-state index is 11.8. The lowest BCUT2D eigenvalue weighted by Crippen LogP contribution is -2.55. The van der Waals surface area contributed by atoms with Crippen LogP contribution in [-0.2, 0) is 9.59 Å². The van der Waals surface area contributed by atoms with Crippen molar-refractivity contribution in [1.29, 1.82) is 0 Å². The number of likely N-dealkylation sites (tertiary alicyclic amines) is 1. The number of amides is 1. The van der Waals surface area contributed by atoms with E-state index in [0.29, 0.717) is 0 Å². The van der Waals surface area contributed by atoms with Crippen LogP contribution in [0.4, 0.5) is 0 Å². The second-order valence-electron chi connectivity index (χ2n) is 4.74. The van der Waals surface area contributed by atoms with E-state index in [0.717, 1.165) is 19.3 Å². The molecule has 1 aliphatic heterocycles. The molecule has 1 heterocycles. The molecule has 0 aromatic rings. The van der Waals surface area contributed by atoms with Crippen LogP contribution in [0.2, 0.25) is 0 Å². The Morgan fingerprint density at radius 1 is 1.50 bits per heavy atom. The molecule has 1 N–H and O–H groups in total. The maximum Gasteiger partial charge on any atom is 0.329 e. The maximum absolute atomic E-state index is 11.8. The molecular weight excluding hydrogens is 182 g/mol. The second kappa shape index (κ2) is 2.72. The lowest BCUT2D eigenvalue weighted by atomic mass is 9.98. The van der Waals surface area contributed by atoms with E-state index < -0.39 is 11.5 Å². The fourth-order valence-corrected chi connectivity index (χ4v) is 2.63. The van der Waals surface area contributed by atoms with Crippen molar-refractivity contribution in [2.45, 2.75) is 44.7 Å². The molecule has 0 spiro atoms. The van der Waals surface area contributed by atoms with E-state index in [1.165, 1.54) is 0 Å². The van der Waals surface area contributed by atoms with E-state index >= 15 is 0 Å². The van der Waals surface area contributed by atoms with E-state index in [9.17, 15) is 9.59 Å². The van der Waals surface area contributed by atoms with Crippen LogP contribution < -0.4 is 0 Å². The Morgan fingerprint density at radius 2 is 2.14 bits per heavy atom. The highest BCUT2D eigenvalue weighted by molar-refractivity contribution is 5.90. The van der Waals surface area contributed by atoms with E-state index in [2.05, 4.69) is 0 Å². The summed E-state index contributed by atoms with van der Waals surface area (Å²) < 4.78 is 0. The Hall–Kier alpha value is -1.06. The molecule has 4 nitrogen and oxygen atoms in total. The SMILES string of the molecule is CC(C)(C(=O)O)N1C(=O)C2CCC1C2.